The third-order valence-electron chi connectivity index (χ3n) is 3.53. The highest BCUT2D eigenvalue weighted by atomic mass is 16.1. The molecule has 0 atom stereocenters. The number of aromatic amines is 1. The summed E-state index contributed by atoms with van der Waals surface area (Å²) in [5.41, 5.74) is 2.68. The Kier molecular flexibility index (Phi) is 3.97. The zero-order valence-electron chi connectivity index (χ0n) is 12.0. The summed E-state index contributed by atoms with van der Waals surface area (Å²) in [5, 5.41) is 0. The van der Waals surface area contributed by atoms with Crippen LogP contribution in [-0.4, -0.2) is 10.8 Å². The number of benzene rings is 2. The molecule has 0 radical (unpaired) electrons. The van der Waals surface area contributed by atoms with Gasteiger partial charge in [0.15, 0.2) is 5.78 Å². The van der Waals surface area contributed by atoms with Crippen molar-refractivity contribution in [3.63, 3.8) is 0 Å². The number of aromatic nitrogens is 1. The Morgan fingerprint density at radius 3 is 2.18 bits per heavy atom. The minimum Gasteiger partial charge on any atom is -0.328 e. The second kappa shape index (κ2) is 6.22. The van der Waals surface area contributed by atoms with Crippen LogP contribution in [0.25, 0.3) is 0 Å². The van der Waals surface area contributed by atoms with Crippen molar-refractivity contribution in [2.45, 2.75) is 6.42 Å². The third-order valence-corrected chi connectivity index (χ3v) is 3.53. The average molecular weight is 289 g/mol. The van der Waals surface area contributed by atoms with E-state index in [9.17, 15) is 9.59 Å². The van der Waals surface area contributed by atoms with E-state index in [0.29, 0.717) is 5.56 Å². The van der Waals surface area contributed by atoms with Crippen LogP contribution < -0.4 is 5.56 Å². The van der Waals surface area contributed by atoms with Crippen LogP contribution in [0.4, 0.5) is 0 Å². The van der Waals surface area contributed by atoms with Gasteiger partial charge in [-0.1, -0.05) is 54.6 Å². The van der Waals surface area contributed by atoms with E-state index < -0.39 is 0 Å². The molecule has 0 saturated heterocycles. The van der Waals surface area contributed by atoms with E-state index in [-0.39, 0.29) is 16.9 Å². The lowest BCUT2D eigenvalue weighted by molar-refractivity contribution is 0.103. The first kappa shape index (κ1) is 14.0. The first-order valence-corrected chi connectivity index (χ1v) is 7.09. The Hall–Kier alpha value is -2.94. The number of H-pyrrole nitrogens is 1. The Morgan fingerprint density at radius 2 is 1.50 bits per heavy atom. The molecule has 0 aliphatic rings. The van der Waals surface area contributed by atoms with Crippen molar-refractivity contribution in [1.29, 1.82) is 0 Å². The van der Waals surface area contributed by atoms with Crippen molar-refractivity contribution in [2.24, 2.45) is 0 Å². The van der Waals surface area contributed by atoms with E-state index in [4.69, 9.17) is 0 Å². The lowest BCUT2D eigenvalue weighted by Crippen LogP contribution is -2.17. The molecule has 0 aliphatic carbocycles. The molecule has 2 aromatic carbocycles. The largest absolute Gasteiger partial charge is 0.328 e. The maximum Gasteiger partial charge on any atom is 0.259 e. The number of nitrogens with one attached hydrogen (secondary N) is 1. The van der Waals surface area contributed by atoms with Gasteiger partial charge in [-0.2, -0.15) is 0 Å². The van der Waals surface area contributed by atoms with Gasteiger partial charge in [0, 0.05) is 11.8 Å². The molecular weight excluding hydrogens is 274 g/mol. The molecule has 1 aromatic heterocycles. The summed E-state index contributed by atoms with van der Waals surface area (Å²) in [7, 11) is 0. The van der Waals surface area contributed by atoms with Crippen LogP contribution in [0.15, 0.2) is 77.7 Å². The summed E-state index contributed by atoms with van der Waals surface area (Å²) in [6, 6.07) is 20.7. The quantitative estimate of drug-likeness (QED) is 0.750. The van der Waals surface area contributed by atoms with E-state index in [2.05, 4.69) is 17.1 Å². The fourth-order valence-corrected chi connectivity index (χ4v) is 2.36. The van der Waals surface area contributed by atoms with Gasteiger partial charge in [0.2, 0.25) is 0 Å². The highest BCUT2D eigenvalue weighted by Crippen LogP contribution is 2.12. The molecule has 3 rings (SSSR count). The predicted octanol–water partition coefficient (Wildman–Crippen LogP) is 3.20. The first-order chi connectivity index (χ1) is 10.7. The summed E-state index contributed by atoms with van der Waals surface area (Å²) in [4.78, 5) is 26.5. The van der Waals surface area contributed by atoms with Crippen LogP contribution in [0.3, 0.4) is 0 Å². The molecule has 0 spiro atoms. The molecule has 108 valence electrons. The number of pyridine rings is 1. The Balaban J connectivity index is 1.81. The van der Waals surface area contributed by atoms with Gasteiger partial charge in [0.05, 0.1) is 5.56 Å². The second-order valence-corrected chi connectivity index (χ2v) is 5.10. The molecular formula is C19H15NO2. The van der Waals surface area contributed by atoms with Crippen LogP contribution in [0.1, 0.15) is 27.0 Å². The molecule has 3 nitrogen and oxygen atoms in total. The standard InChI is InChI=1S/C19H15NO2/c21-18(17-7-4-12-20-19(17)22)16-10-8-15(9-11-16)13-14-5-2-1-3-6-14/h1-12H,13H2,(H,20,22). The van der Waals surface area contributed by atoms with Crippen molar-refractivity contribution in [2.75, 3.05) is 0 Å². The first-order valence-electron chi connectivity index (χ1n) is 7.09. The predicted molar refractivity (Wildman–Crippen MR) is 86.2 cm³/mol. The lowest BCUT2D eigenvalue weighted by atomic mass is 10.00. The van der Waals surface area contributed by atoms with E-state index >= 15 is 0 Å². The van der Waals surface area contributed by atoms with Gasteiger partial charge in [0.25, 0.3) is 5.56 Å². The van der Waals surface area contributed by atoms with Crippen molar-refractivity contribution < 1.29 is 4.79 Å². The topological polar surface area (TPSA) is 49.9 Å². The van der Waals surface area contributed by atoms with Crippen LogP contribution >= 0.6 is 0 Å². The number of carbonyl (C=O) groups is 1. The highest BCUT2D eigenvalue weighted by molar-refractivity contribution is 6.08. The van der Waals surface area contributed by atoms with Crippen molar-refractivity contribution >= 4 is 5.78 Å². The molecule has 3 heteroatoms. The zero-order valence-corrected chi connectivity index (χ0v) is 12.0. The molecule has 0 aliphatic heterocycles. The van der Waals surface area contributed by atoms with Crippen LogP contribution in [0, 0.1) is 0 Å². The molecule has 0 fully saturated rings. The third kappa shape index (κ3) is 3.04. The summed E-state index contributed by atoms with van der Waals surface area (Å²) >= 11 is 0. The molecule has 0 unspecified atom stereocenters. The number of hydrogen-bond acceptors (Lipinski definition) is 2. The van der Waals surface area contributed by atoms with Crippen LogP contribution in [0.5, 0.6) is 0 Å². The molecule has 0 amide bonds. The molecule has 22 heavy (non-hydrogen) atoms. The van der Waals surface area contributed by atoms with Crippen molar-refractivity contribution in [1.82, 2.24) is 4.98 Å². The van der Waals surface area contributed by atoms with E-state index in [1.165, 1.54) is 11.8 Å². The minimum absolute atomic E-state index is 0.165. The van der Waals surface area contributed by atoms with Crippen LogP contribution in [0.2, 0.25) is 0 Å². The molecule has 3 aromatic rings. The van der Waals surface area contributed by atoms with Crippen LogP contribution in [-0.2, 0) is 6.42 Å². The van der Waals surface area contributed by atoms with Gasteiger partial charge in [-0.3, -0.25) is 9.59 Å². The molecule has 1 heterocycles. The fraction of sp³-hybridized carbons (Fsp3) is 0.0526. The van der Waals surface area contributed by atoms with Gasteiger partial charge < -0.3 is 4.98 Å². The average Bonchev–Trinajstić information content (AvgIpc) is 2.56. The van der Waals surface area contributed by atoms with Crippen molar-refractivity contribution in [3.05, 3.63) is 106 Å². The fourth-order valence-electron chi connectivity index (χ4n) is 2.36. The maximum atomic E-state index is 12.3. The summed E-state index contributed by atoms with van der Waals surface area (Å²) in [5.74, 6) is -0.256. The minimum atomic E-state index is -0.360. The van der Waals surface area contributed by atoms with Gasteiger partial charge in [0.1, 0.15) is 0 Å². The summed E-state index contributed by atoms with van der Waals surface area (Å²) in [6.45, 7) is 0. The smallest absolute Gasteiger partial charge is 0.259 e. The van der Waals surface area contributed by atoms with Gasteiger partial charge in [-0.05, 0) is 29.7 Å². The van der Waals surface area contributed by atoms with Gasteiger partial charge in [-0.25, -0.2) is 0 Å². The highest BCUT2D eigenvalue weighted by Gasteiger charge is 2.12. The molecule has 0 saturated carbocycles. The molecule has 1 N–H and O–H groups in total. The van der Waals surface area contributed by atoms with E-state index in [0.717, 1.165) is 12.0 Å². The lowest BCUT2D eigenvalue weighted by Gasteiger charge is -2.04. The molecule has 0 bridgehead atoms. The van der Waals surface area contributed by atoms with E-state index in [1.807, 2.05) is 30.3 Å². The number of ketones is 1. The summed E-state index contributed by atoms with van der Waals surface area (Å²) < 4.78 is 0. The SMILES string of the molecule is O=C(c1ccc(Cc2ccccc2)cc1)c1ccc[nH]c1=O. The van der Waals surface area contributed by atoms with Gasteiger partial charge >= 0.3 is 0 Å². The Morgan fingerprint density at radius 1 is 0.818 bits per heavy atom. The number of carbonyl (C=O) groups excluding carboxylic acids is 1. The maximum absolute atomic E-state index is 12.3. The second-order valence-electron chi connectivity index (χ2n) is 5.10. The monoisotopic (exact) mass is 289 g/mol. The summed E-state index contributed by atoms with van der Waals surface area (Å²) in [6.07, 6.45) is 2.34. The van der Waals surface area contributed by atoms with Gasteiger partial charge in [-0.15, -0.1) is 0 Å². The number of hydrogen-bond donors (Lipinski definition) is 1. The van der Waals surface area contributed by atoms with Crippen molar-refractivity contribution in [3.8, 4) is 0 Å². The zero-order chi connectivity index (χ0) is 15.4. The van der Waals surface area contributed by atoms with E-state index in [1.54, 1.807) is 24.3 Å². The Bertz CT molecular complexity index is 833. The Labute approximate surface area is 128 Å². The normalized spacial score (nSPS) is 10.4. The number of rotatable bonds is 4.